The lowest BCUT2D eigenvalue weighted by molar-refractivity contribution is 0.0710. The van der Waals surface area contributed by atoms with Gasteiger partial charge in [0.25, 0.3) is 0 Å². The van der Waals surface area contributed by atoms with Gasteiger partial charge in [0.2, 0.25) is 0 Å². The smallest absolute Gasteiger partial charge is 0.00954 e. The molecule has 2 aliphatic rings. The molecule has 0 aromatic rings. The van der Waals surface area contributed by atoms with Gasteiger partial charge in [0.1, 0.15) is 0 Å². The third-order valence-electron chi connectivity index (χ3n) is 3.82. The summed E-state index contributed by atoms with van der Waals surface area (Å²) in [6, 6.07) is 1.31. The van der Waals surface area contributed by atoms with E-state index in [0.29, 0.717) is 6.04 Å². The summed E-state index contributed by atoms with van der Waals surface area (Å²) in [5.41, 5.74) is 5.96. The highest BCUT2D eigenvalue weighted by Gasteiger charge is 2.30. The van der Waals surface area contributed by atoms with Crippen LogP contribution in [0, 0.1) is 5.92 Å². The van der Waals surface area contributed by atoms with Gasteiger partial charge in [-0.1, -0.05) is 6.42 Å². The maximum Gasteiger partial charge on any atom is 0.00954 e. The topological polar surface area (TPSA) is 29.3 Å². The summed E-state index contributed by atoms with van der Waals surface area (Å²) in [6.45, 7) is 4.76. The first-order chi connectivity index (χ1) is 6.27. The Hall–Kier alpha value is -0.0800. The van der Waals surface area contributed by atoms with Crippen LogP contribution >= 0.6 is 0 Å². The van der Waals surface area contributed by atoms with Crippen LogP contribution in [0.1, 0.15) is 39.0 Å². The number of nitrogens with two attached hydrogens (primary N) is 1. The number of nitrogens with zero attached hydrogens (tertiary/aromatic N) is 1. The first kappa shape index (κ1) is 9.47. The Morgan fingerprint density at radius 2 is 2.00 bits per heavy atom. The molecule has 0 amide bonds. The molecule has 13 heavy (non-hydrogen) atoms. The van der Waals surface area contributed by atoms with Crippen molar-refractivity contribution in [3.8, 4) is 0 Å². The van der Waals surface area contributed by atoms with Crippen LogP contribution in [-0.4, -0.2) is 30.1 Å². The Labute approximate surface area is 81.5 Å². The predicted octanol–water partition coefficient (Wildman–Crippen LogP) is 1.60. The first-order valence-electron chi connectivity index (χ1n) is 5.77. The van der Waals surface area contributed by atoms with Crippen LogP contribution in [0.4, 0.5) is 0 Å². The average molecular weight is 182 g/mol. The normalized spacial score (nSPS) is 34.2. The monoisotopic (exact) mass is 182 g/mol. The van der Waals surface area contributed by atoms with Crippen LogP contribution in [0.25, 0.3) is 0 Å². The fraction of sp³-hybridized carbons (Fsp3) is 1.00. The highest BCUT2D eigenvalue weighted by Crippen LogP contribution is 2.29. The molecule has 76 valence electrons. The summed E-state index contributed by atoms with van der Waals surface area (Å²) in [5, 5.41) is 0. The Bertz CT molecular complexity index is 163. The van der Waals surface area contributed by atoms with Crippen LogP contribution < -0.4 is 5.73 Å². The van der Waals surface area contributed by atoms with Crippen molar-refractivity contribution in [1.82, 2.24) is 4.90 Å². The standard InChI is InChI=1S/C11H22N2/c1-9(12)10-4-3-7-13(8-10)11-5-2-6-11/h9-11H,2-8,12H2,1H3/t9-,10-/m0/s1. The van der Waals surface area contributed by atoms with Gasteiger partial charge in [-0.25, -0.2) is 0 Å². The molecule has 1 saturated heterocycles. The van der Waals surface area contributed by atoms with E-state index in [4.69, 9.17) is 5.73 Å². The summed E-state index contributed by atoms with van der Waals surface area (Å²) in [7, 11) is 0. The molecule has 2 heteroatoms. The van der Waals surface area contributed by atoms with Gasteiger partial charge in [-0.2, -0.15) is 0 Å². The lowest BCUT2D eigenvalue weighted by Gasteiger charge is -2.43. The van der Waals surface area contributed by atoms with Gasteiger partial charge in [-0.05, 0) is 45.1 Å². The molecule has 0 aromatic heterocycles. The van der Waals surface area contributed by atoms with Gasteiger partial charge < -0.3 is 10.6 Å². The fourth-order valence-corrected chi connectivity index (χ4v) is 2.55. The molecule has 1 aliphatic heterocycles. The molecule has 0 spiro atoms. The van der Waals surface area contributed by atoms with Gasteiger partial charge >= 0.3 is 0 Å². The minimum atomic E-state index is 0.392. The highest BCUT2D eigenvalue weighted by molar-refractivity contribution is 4.86. The van der Waals surface area contributed by atoms with Gasteiger partial charge in [0.15, 0.2) is 0 Å². The molecule has 1 aliphatic carbocycles. The van der Waals surface area contributed by atoms with E-state index in [2.05, 4.69) is 11.8 Å². The molecule has 0 radical (unpaired) electrons. The lowest BCUT2D eigenvalue weighted by Crippen LogP contribution is -2.49. The van der Waals surface area contributed by atoms with Gasteiger partial charge in [0.05, 0.1) is 0 Å². The van der Waals surface area contributed by atoms with E-state index in [0.717, 1.165) is 12.0 Å². The molecular weight excluding hydrogens is 160 g/mol. The first-order valence-corrected chi connectivity index (χ1v) is 5.77. The highest BCUT2D eigenvalue weighted by atomic mass is 15.2. The molecule has 1 saturated carbocycles. The summed E-state index contributed by atoms with van der Waals surface area (Å²) in [5.74, 6) is 0.759. The van der Waals surface area contributed by atoms with E-state index in [1.54, 1.807) is 0 Å². The van der Waals surface area contributed by atoms with Crippen LogP contribution in [0.3, 0.4) is 0 Å². The minimum absolute atomic E-state index is 0.392. The second-order valence-corrected chi connectivity index (χ2v) is 4.84. The van der Waals surface area contributed by atoms with Crippen LogP contribution in [0.5, 0.6) is 0 Å². The van der Waals surface area contributed by atoms with Crippen molar-refractivity contribution in [2.24, 2.45) is 11.7 Å². The van der Waals surface area contributed by atoms with Gasteiger partial charge in [0, 0.05) is 18.6 Å². The van der Waals surface area contributed by atoms with Crippen LogP contribution in [0.2, 0.25) is 0 Å². The zero-order valence-electron chi connectivity index (χ0n) is 8.71. The minimum Gasteiger partial charge on any atom is -0.328 e. The van der Waals surface area contributed by atoms with E-state index in [1.165, 1.54) is 45.2 Å². The Morgan fingerprint density at radius 3 is 2.54 bits per heavy atom. The molecule has 2 nitrogen and oxygen atoms in total. The van der Waals surface area contributed by atoms with Crippen molar-refractivity contribution in [1.29, 1.82) is 0 Å². The van der Waals surface area contributed by atoms with E-state index in [9.17, 15) is 0 Å². The van der Waals surface area contributed by atoms with E-state index in [-0.39, 0.29) is 0 Å². The summed E-state index contributed by atoms with van der Waals surface area (Å²) in [4.78, 5) is 2.68. The lowest BCUT2D eigenvalue weighted by atomic mass is 9.86. The number of piperidine rings is 1. The molecule has 2 N–H and O–H groups in total. The average Bonchev–Trinajstić information content (AvgIpc) is 2.01. The van der Waals surface area contributed by atoms with Crippen LogP contribution in [0.15, 0.2) is 0 Å². The molecule has 2 atom stereocenters. The predicted molar refractivity (Wildman–Crippen MR) is 55.6 cm³/mol. The zero-order valence-corrected chi connectivity index (χ0v) is 8.71. The number of rotatable bonds is 2. The Morgan fingerprint density at radius 1 is 1.23 bits per heavy atom. The second-order valence-electron chi connectivity index (χ2n) is 4.84. The van der Waals surface area contributed by atoms with E-state index >= 15 is 0 Å². The summed E-state index contributed by atoms with van der Waals surface area (Å²) in [6.07, 6.45) is 7.03. The Kier molecular flexibility index (Phi) is 2.89. The Balaban J connectivity index is 1.84. The number of hydrogen-bond donors (Lipinski definition) is 1. The van der Waals surface area contributed by atoms with E-state index < -0.39 is 0 Å². The second kappa shape index (κ2) is 3.97. The molecule has 1 heterocycles. The molecule has 2 rings (SSSR count). The zero-order chi connectivity index (χ0) is 9.26. The maximum atomic E-state index is 5.96. The molecule has 0 unspecified atom stereocenters. The SMILES string of the molecule is C[C@H](N)[C@H]1CCCN(C2CCC2)C1. The van der Waals surface area contributed by atoms with E-state index in [1.807, 2.05) is 0 Å². The number of likely N-dealkylation sites (tertiary alicyclic amines) is 1. The van der Waals surface area contributed by atoms with Gasteiger partial charge in [-0.15, -0.1) is 0 Å². The van der Waals surface area contributed by atoms with Crippen molar-refractivity contribution in [3.63, 3.8) is 0 Å². The maximum absolute atomic E-state index is 5.96. The summed E-state index contributed by atoms with van der Waals surface area (Å²) < 4.78 is 0. The van der Waals surface area contributed by atoms with Crippen molar-refractivity contribution < 1.29 is 0 Å². The van der Waals surface area contributed by atoms with Crippen molar-refractivity contribution >= 4 is 0 Å². The molecular formula is C11H22N2. The fourth-order valence-electron chi connectivity index (χ4n) is 2.55. The largest absolute Gasteiger partial charge is 0.328 e. The van der Waals surface area contributed by atoms with Gasteiger partial charge in [-0.3, -0.25) is 0 Å². The third kappa shape index (κ3) is 2.05. The van der Waals surface area contributed by atoms with Crippen LogP contribution in [-0.2, 0) is 0 Å². The third-order valence-corrected chi connectivity index (χ3v) is 3.82. The van der Waals surface area contributed by atoms with Crippen molar-refractivity contribution in [3.05, 3.63) is 0 Å². The quantitative estimate of drug-likeness (QED) is 0.703. The van der Waals surface area contributed by atoms with Crippen molar-refractivity contribution in [2.45, 2.75) is 51.1 Å². The summed E-state index contributed by atoms with van der Waals surface area (Å²) >= 11 is 0. The van der Waals surface area contributed by atoms with Crippen molar-refractivity contribution in [2.75, 3.05) is 13.1 Å². The number of hydrogen-bond acceptors (Lipinski definition) is 2. The molecule has 0 aromatic carbocycles. The molecule has 2 fully saturated rings. The molecule has 0 bridgehead atoms.